The Morgan fingerprint density at radius 3 is 2.43 bits per heavy atom. The van der Waals surface area contributed by atoms with Crippen LogP contribution in [0.15, 0.2) is 102 Å². The second-order valence-corrected chi connectivity index (χ2v) is 9.82. The Labute approximate surface area is 249 Å². The van der Waals surface area contributed by atoms with Gasteiger partial charge in [0, 0.05) is 52.1 Å². The molecule has 0 bridgehead atoms. The lowest BCUT2D eigenvalue weighted by Crippen LogP contribution is -2.34. The number of pyridine rings is 2. The third-order valence-electron chi connectivity index (χ3n) is 6.73. The van der Waals surface area contributed by atoms with Crippen LogP contribution in [0.2, 0.25) is 5.02 Å². The number of carbonyl (C=O) groups is 2. The van der Waals surface area contributed by atoms with Crippen molar-refractivity contribution in [2.75, 3.05) is 12.4 Å². The molecule has 2 aromatic heterocycles. The van der Waals surface area contributed by atoms with Crippen molar-refractivity contribution in [3.63, 3.8) is 0 Å². The molecule has 7 nitrogen and oxygen atoms in total. The number of methoxy groups -OCH3 is 1. The number of hydrogen-bond donors (Lipinski definition) is 1. The Kier molecular flexibility index (Phi) is 9.89. The molecule has 0 spiro atoms. The number of amides is 1. The molecule has 5 aromatic rings. The van der Waals surface area contributed by atoms with E-state index < -0.39 is 11.6 Å². The monoisotopic (exact) mass is 581 g/mol. The molecule has 0 radical (unpaired) electrons. The van der Waals surface area contributed by atoms with Gasteiger partial charge in [-0.15, -0.1) is 0 Å². The van der Waals surface area contributed by atoms with Gasteiger partial charge < -0.3 is 10.1 Å². The highest BCUT2D eigenvalue weighted by atomic mass is 35.5. The van der Waals surface area contributed by atoms with Crippen LogP contribution in [0.1, 0.15) is 42.7 Å². The summed E-state index contributed by atoms with van der Waals surface area (Å²) < 4.78 is 7.03. The van der Waals surface area contributed by atoms with Crippen molar-refractivity contribution in [2.45, 2.75) is 33.2 Å². The fraction of sp³-hybridized carbons (Fsp3) is 0.176. The van der Waals surface area contributed by atoms with Crippen LogP contribution in [0.5, 0.6) is 5.75 Å². The van der Waals surface area contributed by atoms with E-state index in [-0.39, 0.29) is 18.1 Å². The number of rotatable bonds is 8. The lowest BCUT2D eigenvalue weighted by Gasteiger charge is -2.22. The van der Waals surface area contributed by atoms with Gasteiger partial charge in [-0.05, 0) is 59.8 Å². The van der Waals surface area contributed by atoms with Crippen molar-refractivity contribution < 1.29 is 14.3 Å². The third kappa shape index (κ3) is 6.75. The average Bonchev–Trinajstić information content (AvgIpc) is 3.01. The van der Waals surface area contributed by atoms with Crippen molar-refractivity contribution in [1.82, 2.24) is 9.55 Å². The SMILES string of the molecule is CC.COc1cn(C(Cc2ccccc2)C(=O)Nc2ccc3cnccc3c2)c(=O)cc1-c1cc(Cl)ccc1C(C)=O. The number of halogens is 1. The lowest BCUT2D eigenvalue weighted by atomic mass is 9.97. The predicted molar refractivity (Wildman–Crippen MR) is 169 cm³/mol. The number of benzene rings is 3. The van der Waals surface area contributed by atoms with Crippen LogP contribution < -0.4 is 15.6 Å². The van der Waals surface area contributed by atoms with Crippen LogP contribution in [0.4, 0.5) is 5.69 Å². The van der Waals surface area contributed by atoms with Gasteiger partial charge in [0.05, 0.1) is 13.3 Å². The van der Waals surface area contributed by atoms with Crippen molar-refractivity contribution >= 4 is 39.8 Å². The van der Waals surface area contributed by atoms with Crippen LogP contribution in [0.25, 0.3) is 21.9 Å². The maximum Gasteiger partial charge on any atom is 0.252 e. The molecule has 1 atom stereocenters. The van der Waals surface area contributed by atoms with Crippen molar-refractivity contribution in [3.8, 4) is 16.9 Å². The first-order valence-corrected chi connectivity index (χ1v) is 14.0. The Morgan fingerprint density at radius 2 is 1.71 bits per heavy atom. The largest absolute Gasteiger partial charge is 0.495 e. The number of nitrogens with zero attached hydrogens (tertiary/aromatic N) is 2. The highest BCUT2D eigenvalue weighted by Crippen LogP contribution is 2.34. The van der Waals surface area contributed by atoms with Crippen LogP contribution in [-0.4, -0.2) is 28.4 Å². The highest BCUT2D eigenvalue weighted by molar-refractivity contribution is 6.31. The Morgan fingerprint density at radius 1 is 0.952 bits per heavy atom. The summed E-state index contributed by atoms with van der Waals surface area (Å²) in [6.07, 6.45) is 5.23. The summed E-state index contributed by atoms with van der Waals surface area (Å²) in [5.74, 6) is -0.208. The lowest BCUT2D eigenvalue weighted by molar-refractivity contribution is -0.119. The first kappa shape index (κ1) is 30.2. The van der Waals surface area contributed by atoms with E-state index in [0.29, 0.717) is 33.1 Å². The zero-order valence-electron chi connectivity index (χ0n) is 23.9. The van der Waals surface area contributed by atoms with Gasteiger partial charge in [-0.2, -0.15) is 0 Å². The number of aromatic nitrogens is 2. The third-order valence-corrected chi connectivity index (χ3v) is 6.97. The average molecular weight is 582 g/mol. The zero-order valence-corrected chi connectivity index (χ0v) is 24.7. The molecular formula is C34H32ClN3O4. The normalized spacial score (nSPS) is 11.3. The van der Waals surface area contributed by atoms with E-state index in [1.54, 1.807) is 36.7 Å². The first-order chi connectivity index (χ1) is 20.3. The molecule has 0 saturated heterocycles. The van der Waals surface area contributed by atoms with Gasteiger partial charge >= 0.3 is 0 Å². The second kappa shape index (κ2) is 13.7. The Hall–Kier alpha value is -4.75. The highest BCUT2D eigenvalue weighted by Gasteiger charge is 2.25. The molecule has 1 N–H and O–H groups in total. The molecule has 0 aliphatic carbocycles. The van der Waals surface area contributed by atoms with Gasteiger partial charge in [0.2, 0.25) is 5.91 Å². The molecule has 0 fully saturated rings. The Bertz CT molecular complexity index is 1780. The topological polar surface area (TPSA) is 90.3 Å². The van der Waals surface area contributed by atoms with Gasteiger partial charge in [-0.3, -0.25) is 23.9 Å². The van der Waals surface area contributed by atoms with Gasteiger partial charge in [0.25, 0.3) is 5.56 Å². The summed E-state index contributed by atoms with van der Waals surface area (Å²) in [5.41, 5.74) is 2.37. The fourth-order valence-electron chi connectivity index (χ4n) is 4.73. The zero-order chi connectivity index (χ0) is 30.2. The molecular weight excluding hydrogens is 550 g/mol. The van der Waals surface area contributed by atoms with Crippen LogP contribution in [0.3, 0.4) is 0 Å². The minimum absolute atomic E-state index is 0.176. The number of nitrogens with one attached hydrogen (secondary N) is 1. The first-order valence-electron chi connectivity index (χ1n) is 13.6. The summed E-state index contributed by atoms with van der Waals surface area (Å²) in [5, 5.41) is 5.27. The van der Waals surface area contributed by atoms with Crippen LogP contribution in [0, 0.1) is 0 Å². The van der Waals surface area contributed by atoms with E-state index in [1.165, 1.54) is 30.9 Å². The number of Topliss-reactive ketones (excluding diaryl/α,β-unsaturated/α-hetero) is 1. The van der Waals surface area contributed by atoms with E-state index in [9.17, 15) is 14.4 Å². The molecule has 2 heterocycles. The molecule has 0 aliphatic rings. The molecule has 214 valence electrons. The maximum absolute atomic E-state index is 13.8. The van der Waals surface area contributed by atoms with Gasteiger partial charge in [-0.1, -0.05) is 61.8 Å². The molecule has 0 aliphatic heterocycles. The molecule has 3 aromatic carbocycles. The smallest absolute Gasteiger partial charge is 0.252 e. The standard InChI is InChI=1S/C32H26ClN3O4.C2H6/c1-20(37)26-11-9-24(33)16-27(26)28-17-31(38)36(19-30(28)40-2)29(14-21-6-4-3-5-7-21)32(39)35-25-10-8-23-18-34-13-12-22(23)15-25;1-2/h3-13,15-19,29H,14H2,1-2H3,(H,35,39);1-2H3. The number of fused-ring (bicyclic) bond motifs is 1. The second-order valence-electron chi connectivity index (χ2n) is 9.38. The van der Waals surface area contributed by atoms with Crippen molar-refractivity contribution in [1.29, 1.82) is 0 Å². The molecule has 8 heteroatoms. The summed E-state index contributed by atoms with van der Waals surface area (Å²) >= 11 is 6.24. The van der Waals surface area contributed by atoms with E-state index in [2.05, 4.69) is 10.3 Å². The molecule has 42 heavy (non-hydrogen) atoms. The van der Waals surface area contributed by atoms with Crippen LogP contribution >= 0.6 is 11.6 Å². The minimum Gasteiger partial charge on any atom is -0.495 e. The van der Waals surface area contributed by atoms with Crippen molar-refractivity contribution in [3.05, 3.63) is 124 Å². The van der Waals surface area contributed by atoms with Gasteiger partial charge in [0.15, 0.2) is 5.78 Å². The minimum atomic E-state index is -0.891. The number of hydrogen-bond acceptors (Lipinski definition) is 5. The number of ether oxygens (including phenoxy) is 1. The summed E-state index contributed by atoms with van der Waals surface area (Å²) in [6, 6.07) is 22.3. The van der Waals surface area contributed by atoms with E-state index >= 15 is 0 Å². The molecule has 1 unspecified atom stereocenters. The van der Waals surface area contributed by atoms with E-state index in [0.717, 1.165) is 16.3 Å². The van der Waals surface area contributed by atoms with E-state index in [4.69, 9.17) is 16.3 Å². The number of carbonyl (C=O) groups excluding carboxylic acids is 2. The molecule has 0 saturated carbocycles. The summed E-state index contributed by atoms with van der Waals surface area (Å²) in [6.45, 7) is 5.45. The van der Waals surface area contributed by atoms with Gasteiger partial charge in [0.1, 0.15) is 11.8 Å². The number of anilines is 1. The predicted octanol–water partition coefficient (Wildman–Crippen LogP) is 7.38. The molecule has 5 rings (SSSR count). The summed E-state index contributed by atoms with van der Waals surface area (Å²) in [4.78, 5) is 43.8. The quantitative estimate of drug-likeness (QED) is 0.193. The maximum atomic E-state index is 13.8. The molecule has 1 amide bonds. The van der Waals surface area contributed by atoms with Gasteiger partial charge in [-0.25, -0.2) is 0 Å². The van der Waals surface area contributed by atoms with Crippen molar-refractivity contribution in [2.24, 2.45) is 0 Å². The summed E-state index contributed by atoms with van der Waals surface area (Å²) in [7, 11) is 1.47. The Balaban J connectivity index is 0.00000198. The number of ketones is 1. The fourth-order valence-corrected chi connectivity index (χ4v) is 4.91. The van der Waals surface area contributed by atoms with E-state index in [1.807, 2.05) is 62.4 Å². The van der Waals surface area contributed by atoms with Crippen LogP contribution in [-0.2, 0) is 11.2 Å².